The van der Waals surface area contributed by atoms with Crippen LogP contribution >= 0.6 is 11.3 Å². The molecule has 2 heterocycles. The molecule has 1 amide bonds. The molecule has 0 bridgehead atoms. The number of carbonyl (C=O) groups excluding carboxylic acids is 1. The zero-order valence-electron chi connectivity index (χ0n) is 13.2. The molecule has 0 saturated heterocycles. The lowest BCUT2D eigenvalue weighted by Crippen LogP contribution is -2.31. The van der Waals surface area contributed by atoms with Gasteiger partial charge < -0.3 is 10.6 Å². The van der Waals surface area contributed by atoms with Crippen LogP contribution in [-0.2, 0) is 13.5 Å². The molecule has 0 aliphatic heterocycles. The zero-order valence-corrected chi connectivity index (χ0v) is 14.0. The molecule has 2 aromatic rings. The average molecular weight is 306 g/mol. The Morgan fingerprint density at radius 2 is 2.19 bits per heavy atom. The first-order valence-electron chi connectivity index (χ1n) is 7.01. The molecule has 0 fully saturated rings. The van der Waals surface area contributed by atoms with E-state index in [1.807, 2.05) is 13.8 Å². The highest BCUT2D eigenvalue weighted by molar-refractivity contribution is 7.12. The van der Waals surface area contributed by atoms with Crippen LogP contribution < -0.4 is 5.73 Å². The average Bonchev–Trinajstić information content (AvgIpc) is 3.00. The fourth-order valence-electron chi connectivity index (χ4n) is 2.32. The summed E-state index contributed by atoms with van der Waals surface area (Å²) in [4.78, 5) is 16.9. The number of aryl methyl sites for hydroxylation is 3. The monoisotopic (exact) mass is 306 g/mol. The van der Waals surface area contributed by atoms with Gasteiger partial charge in [-0.05, 0) is 32.4 Å². The van der Waals surface area contributed by atoms with Crippen molar-refractivity contribution in [2.24, 2.45) is 7.05 Å². The highest BCUT2D eigenvalue weighted by Crippen LogP contribution is 2.28. The maximum absolute atomic E-state index is 12.7. The van der Waals surface area contributed by atoms with Crippen molar-refractivity contribution in [2.75, 3.05) is 12.8 Å². The fourth-order valence-corrected chi connectivity index (χ4v) is 3.30. The van der Waals surface area contributed by atoms with E-state index in [4.69, 9.17) is 5.73 Å². The van der Waals surface area contributed by atoms with Crippen LogP contribution in [-0.4, -0.2) is 27.6 Å². The molecule has 2 rings (SSSR count). The van der Waals surface area contributed by atoms with Crippen molar-refractivity contribution in [3.8, 4) is 0 Å². The van der Waals surface area contributed by atoms with E-state index >= 15 is 0 Å². The molecule has 114 valence electrons. The van der Waals surface area contributed by atoms with Gasteiger partial charge in [-0.25, -0.2) is 0 Å². The van der Waals surface area contributed by atoms with Crippen molar-refractivity contribution in [3.63, 3.8) is 0 Å². The summed E-state index contributed by atoms with van der Waals surface area (Å²) in [5.74, 6) is -0.0965. The van der Waals surface area contributed by atoms with Gasteiger partial charge in [0.2, 0.25) is 0 Å². The first kappa shape index (κ1) is 15.6. The third kappa shape index (κ3) is 2.81. The Hall–Kier alpha value is -1.82. The molecule has 0 spiro atoms. The molecule has 2 aromatic heterocycles. The molecule has 6 heteroatoms. The second kappa shape index (κ2) is 5.89. The smallest absolute Gasteiger partial charge is 0.274 e. The van der Waals surface area contributed by atoms with Gasteiger partial charge >= 0.3 is 0 Å². The van der Waals surface area contributed by atoms with E-state index in [-0.39, 0.29) is 11.9 Å². The summed E-state index contributed by atoms with van der Waals surface area (Å²) in [6.07, 6.45) is 0.719. The van der Waals surface area contributed by atoms with Gasteiger partial charge in [0.15, 0.2) is 0 Å². The van der Waals surface area contributed by atoms with Crippen LogP contribution in [0.2, 0.25) is 0 Å². The van der Waals surface area contributed by atoms with Crippen molar-refractivity contribution >= 4 is 22.9 Å². The second-order valence-electron chi connectivity index (χ2n) is 5.23. The topological polar surface area (TPSA) is 64.2 Å². The Balaban J connectivity index is 2.29. The number of rotatable bonds is 4. The molecule has 5 nitrogen and oxygen atoms in total. The largest absolute Gasteiger partial charge is 0.395 e. The van der Waals surface area contributed by atoms with Crippen LogP contribution in [0.15, 0.2) is 12.1 Å². The Bertz CT molecular complexity index is 659. The van der Waals surface area contributed by atoms with Gasteiger partial charge in [-0.2, -0.15) is 5.10 Å². The lowest BCUT2D eigenvalue weighted by Gasteiger charge is -2.24. The Morgan fingerprint density at radius 3 is 2.67 bits per heavy atom. The number of nitrogens with two attached hydrogens (primary N) is 1. The minimum atomic E-state index is -0.0965. The highest BCUT2D eigenvalue weighted by atomic mass is 32.1. The zero-order chi connectivity index (χ0) is 15.7. The number of amides is 1. The van der Waals surface area contributed by atoms with Gasteiger partial charge in [-0.1, -0.05) is 6.92 Å². The lowest BCUT2D eigenvalue weighted by atomic mass is 10.2. The van der Waals surface area contributed by atoms with E-state index in [1.165, 1.54) is 9.75 Å². The summed E-state index contributed by atoms with van der Waals surface area (Å²) in [7, 11) is 3.57. The van der Waals surface area contributed by atoms with Gasteiger partial charge in [0, 0.05) is 23.8 Å². The number of aromatic nitrogens is 2. The summed E-state index contributed by atoms with van der Waals surface area (Å²) in [5, 5.41) is 4.32. The van der Waals surface area contributed by atoms with Gasteiger partial charge in [-0.15, -0.1) is 11.3 Å². The summed E-state index contributed by atoms with van der Waals surface area (Å²) in [6, 6.07) is 4.15. The molecule has 0 aromatic carbocycles. The van der Waals surface area contributed by atoms with Crippen molar-refractivity contribution < 1.29 is 4.79 Å². The predicted octanol–water partition coefficient (Wildman–Crippen LogP) is 2.77. The van der Waals surface area contributed by atoms with E-state index in [1.54, 1.807) is 35.0 Å². The number of nitrogens with zero attached hydrogens (tertiary/aromatic N) is 3. The molecule has 0 saturated carbocycles. The first-order valence-corrected chi connectivity index (χ1v) is 7.83. The van der Waals surface area contributed by atoms with Crippen molar-refractivity contribution in [2.45, 2.75) is 33.2 Å². The standard InChI is InChI=1S/C15H22N4OS/c1-6-11-13(16)14(19(5)17-11)15(20)18(4)10(3)12-8-7-9(2)21-12/h7-8,10H,6,16H2,1-5H3. The quantitative estimate of drug-likeness (QED) is 0.944. The van der Waals surface area contributed by atoms with Crippen LogP contribution in [0, 0.1) is 6.92 Å². The van der Waals surface area contributed by atoms with Crippen LogP contribution in [0.4, 0.5) is 5.69 Å². The summed E-state index contributed by atoms with van der Waals surface area (Å²) in [5.41, 5.74) is 7.80. The lowest BCUT2D eigenvalue weighted by molar-refractivity contribution is 0.0735. The Labute approximate surface area is 129 Å². The summed E-state index contributed by atoms with van der Waals surface area (Å²) < 4.78 is 1.58. The number of hydrogen-bond donors (Lipinski definition) is 1. The van der Waals surface area contributed by atoms with Gasteiger partial charge in [0.1, 0.15) is 5.69 Å². The molecule has 0 aliphatic carbocycles. The van der Waals surface area contributed by atoms with Crippen LogP contribution in [0.25, 0.3) is 0 Å². The maximum atomic E-state index is 12.7. The Kier molecular flexibility index (Phi) is 4.37. The van der Waals surface area contributed by atoms with Crippen LogP contribution in [0.3, 0.4) is 0 Å². The summed E-state index contributed by atoms with van der Waals surface area (Å²) >= 11 is 1.71. The number of anilines is 1. The second-order valence-corrected chi connectivity index (χ2v) is 6.55. The number of thiophene rings is 1. The van der Waals surface area contributed by atoms with Crippen molar-refractivity contribution in [3.05, 3.63) is 33.3 Å². The third-order valence-electron chi connectivity index (χ3n) is 3.77. The van der Waals surface area contributed by atoms with Gasteiger partial charge in [0.05, 0.1) is 17.4 Å². The van der Waals surface area contributed by atoms with E-state index < -0.39 is 0 Å². The molecule has 2 N–H and O–H groups in total. The van der Waals surface area contributed by atoms with Crippen molar-refractivity contribution in [1.82, 2.24) is 14.7 Å². The normalized spacial score (nSPS) is 12.4. The van der Waals surface area contributed by atoms with Crippen LogP contribution in [0.1, 0.15) is 45.8 Å². The van der Waals surface area contributed by atoms with E-state index in [2.05, 4.69) is 24.2 Å². The molecule has 21 heavy (non-hydrogen) atoms. The van der Waals surface area contributed by atoms with Crippen molar-refractivity contribution in [1.29, 1.82) is 0 Å². The first-order chi connectivity index (χ1) is 9.86. The number of hydrogen-bond acceptors (Lipinski definition) is 4. The van der Waals surface area contributed by atoms with E-state index in [0.717, 1.165) is 12.1 Å². The molecule has 1 atom stereocenters. The summed E-state index contributed by atoms with van der Waals surface area (Å²) in [6.45, 7) is 6.07. The third-order valence-corrected chi connectivity index (χ3v) is 4.94. The van der Waals surface area contributed by atoms with Gasteiger partial charge in [-0.3, -0.25) is 9.48 Å². The molecule has 1 unspecified atom stereocenters. The number of carbonyl (C=O) groups is 1. The minimum absolute atomic E-state index is 0.00979. The Morgan fingerprint density at radius 1 is 1.52 bits per heavy atom. The maximum Gasteiger partial charge on any atom is 0.274 e. The molecule has 0 aliphatic rings. The SMILES string of the molecule is CCc1nn(C)c(C(=O)N(C)C(C)c2ccc(C)s2)c1N. The molecule has 0 radical (unpaired) electrons. The molecular formula is C15H22N4OS. The minimum Gasteiger partial charge on any atom is -0.395 e. The fraction of sp³-hybridized carbons (Fsp3) is 0.467. The van der Waals surface area contributed by atoms with Crippen LogP contribution in [0.5, 0.6) is 0 Å². The molecular weight excluding hydrogens is 284 g/mol. The number of nitrogen functional groups attached to an aromatic ring is 1. The van der Waals surface area contributed by atoms with E-state index in [0.29, 0.717) is 11.4 Å². The highest BCUT2D eigenvalue weighted by Gasteiger charge is 2.26. The van der Waals surface area contributed by atoms with E-state index in [9.17, 15) is 4.79 Å². The van der Waals surface area contributed by atoms with Gasteiger partial charge in [0.25, 0.3) is 5.91 Å². The predicted molar refractivity (Wildman–Crippen MR) is 86.6 cm³/mol.